The second-order valence-corrected chi connectivity index (χ2v) is 4.99. The Morgan fingerprint density at radius 1 is 1.29 bits per heavy atom. The molecule has 0 saturated heterocycles. The molecule has 6 nitrogen and oxygen atoms in total. The van der Waals surface area contributed by atoms with Crippen LogP contribution in [0.15, 0.2) is 30.5 Å². The molecule has 1 N–H and O–H groups in total. The summed E-state index contributed by atoms with van der Waals surface area (Å²) >= 11 is 0. The molecule has 2 rings (SSSR count). The van der Waals surface area contributed by atoms with Crippen LogP contribution in [-0.4, -0.2) is 21.4 Å². The minimum absolute atomic E-state index is 0.0889. The highest BCUT2D eigenvalue weighted by molar-refractivity contribution is 5.70. The summed E-state index contributed by atoms with van der Waals surface area (Å²) in [5, 5.41) is 14.1. The number of nitro groups is 1. The van der Waals surface area contributed by atoms with E-state index in [0.29, 0.717) is 29.7 Å². The summed E-state index contributed by atoms with van der Waals surface area (Å²) in [7, 11) is 0. The molecule has 6 heteroatoms. The molecule has 0 unspecified atom stereocenters. The van der Waals surface area contributed by atoms with E-state index >= 15 is 0 Å². The highest BCUT2D eigenvalue weighted by atomic mass is 16.6. The van der Waals surface area contributed by atoms with Gasteiger partial charge in [-0.05, 0) is 18.4 Å². The van der Waals surface area contributed by atoms with E-state index in [2.05, 4.69) is 29.1 Å². The summed E-state index contributed by atoms with van der Waals surface area (Å²) in [4.78, 5) is 18.9. The van der Waals surface area contributed by atoms with Gasteiger partial charge in [0.15, 0.2) is 5.69 Å². The predicted molar refractivity (Wildman–Crippen MR) is 82.4 cm³/mol. The molecule has 2 aromatic rings. The van der Waals surface area contributed by atoms with Crippen LogP contribution in [-0.2, 0) is 0 Å². The minimum Gasteiger partial charge on any atom is -0.354 e. The molecule has 0 aliphatic rings. The van der Waals surface area contributed by atoms with Crippen LogP contribution >= 0.6 is 0 Å². The largest absolute Gasteiger partial charge is 0.354 e. The maximum atomic E-state index is 11.1. The van der Waals surface area contributed by atoms with Gasteiger partial charge in [0.05, 0.1) is 4.92 Å². The van der Waals surface area contributed by atoms with Crippen molar-refractivity contribution in [2.24, 2.45) is 0 Å². The van der Waals surface area contributed by atoms with Crippen molar-refractivity contribution in [1.82, 2.24) is 9.97 Å². The highest BCUT2D eigenvalue weighted by Crippen LogP contribution is 2.29. The van der Waals surface area contributed by atoms with Crippen molar-refractivity contribution in [1.29, 1.82) is 0 Å². The highest BCUT2D eigenvalue weighted by Gasteiger charge is 2.18. The zero-order chi connectivity index (χ0) is 15.4. The molecule has 0 bridgehead atoms. The van der Waals surface area contributed by atoms with Crippen LogP contribution in [0.25, 0.3) is 11.3 Å². The molecule has 1 aromatic heterocycles. The summed E-state index contributed by atoms with van der Waals surface area (Å²) < 4.78 is 0. The van der Waals surface area contributed by atoms with Gasteiger partial charge >= 0.3 is 5.69 Å². The zero-order valence-corrected chi connectivity index (χ0v) is 12.3. The van der Waals surface area contributed by atoms with E-state index in [1.807, 2.05) is 31.2 Å². The summed E-state index contributed by atoms with van der Waals surface area (Å²) in [6.45, 7) is 6.78. The van der Waals surface area contributed by atoms with Crippen LogP contribution in [0, 0.1) is 10.1 Å². The Balaban J connectivity index is 2.48. The zero-order valence-electron chi connectivity index (χ0n) is 12.3. The molecular formula is C15H18N4O2. The lowest BCUT2D eigenvalue weighted by Crippen LogP contribution is -2.05. The molecule has 0 saturated carbocycles. The summed E-state index contributed by atoms with van der Waals surface area (Å²) in [6, 6.07) is 7.66. The molecule has 0 aliphatic heterocycles. The first-order valence-electron chi connectivity index (χ1n) is 6.88. The molecular weight excluding hydrogens is 268 g/mol. The molecule has 0 spiro atoms. The smallest absolute Gasteiger partial charge is 0.313 e. The summed E-state index contributed by atoms with van der Waals surface area (Å²) in [5.74, 6) is 0.808. The van der Waals surface area contributed by atoms with E-state index < -0.39 is 4.92 Å². The van der Waals surface area contributed by atoms with Gasteiger partial charge in [-0.15, -0.1) is 0 Å². The molecule has 21 heavy (non-hydrogen) atoms. The number of hydrogen-bond acceptors (Lipinski definition) is 5. The Morgan fingerprint density at radius 2 is 1.95 bits per heavy atom. The quantitative estimate of drug-likeness (QED) is 0.670. The van der Waals surface area contributed by atoms with Gasteiger partial charge in [-0.2, -0.15) is 0 Å². The van der Waals surface area contributed by atoms with Crippen molar-refractivity contribution in [3.05, 3.63) is 46.1 Å². The van der Waals surface area contributed by atoms with Crippen molar-refractivity contribution >= 4 is 11.6 Å². The fraction of sp³-hybridized carbons (Fsp3) is 0.333. The van der Waals surface area contributed by atoms with Gasteiger partial charge in [-0.25, -0.2) is 9.97 Å². The van der Waals surface area contributed by atoms with Crippen LogP contribution < -0.4 is 5.32 Å². The first kappa shape index (κ1) is 14.9. The van der Waals surface area contributed by atoms with E-state index in [1.54, 1.807) is 0 Å². The number of nitrogens with one attached hydrogen (secondary N) is 1. The Kier molecular flexibility index (Phi) is 4.47. The topological polar surface area (TPSA) is 81.0 Å². The average Bonchev–Trinajstić information content (AvgIpc) is 2.47. The number of rotatable bonds is 5. The summed E-state index contributed by atoms with van der Waals surface area (Å²) in [6.07, 6.45) is 1.25. The third-order valence-electron chi connectivity index (χ3n) is 3.15. The lowest BCUT2D eigenvalue weighted by molar-refractivity contribution is -0.384. The predicted octanol–water partition coefficient (Wildman–Crippen LogP) is 3.61. The van der Waals surface area contributed by atoms with Gasteiger partial charge in [0.25, 0.3) is 0 Å². The van der Waals surface area contributed by atoms with E-state index in [9.17, 15) is 10.1 Å². The Hall–Kier alpha value is -2.50. The van der Waals surface area contributed by atoms with E-state index in [0.717, 1.165) is 0 Å². The SMILES string of the molecule is CCNc1ncc([N+](=O)[O-])c(-c2ccc(C(C)C)cc2)n1. The van der Waals surface area contributed by atoms with E-state index in [-0.39, 0.29) is 5.69 Å². The third-order valence-corrected chi connectivity index (χ3v) is 3.15. The number of hydrogen-bond donors (Lipinski definition) is 1. The van der Waals surface area contributed by atoms with E-state index in [1.165, 1.54) is 11.8 Å². The van der Waals surface area contributed by atoms with Gasteiger partial charge < -0.3 is 5.32 Å². The van der Waals surface area contributed by atoms with Crippen molar-refractivity contribution in [2.45, 2.75) is 26.7 Å². The fourth-order valence-corrected chi connectivity index (χ4v) is 1.99. The number of nitrogens with zero attached hydrogens (tertiary/aromatic N) is 3. The lowest BCUT2D eigenvalue weighted by Gasteiger charge is -2.08. The number of benzene rings is 1. The van der Waals surface area contributed by atoms with Crippen LogP contribution in [0.5, 0.6) is 0 Å². The van der Waals surface area contributed by atoms with Crippen LogP contribution in [0.2, 0.25) is 0 Å². The van der Waals surface area contributed by atoms with Crippen molar-refractivity contribution in [3.63, 3.8) is 0 Å². The monoisotopic (exact) mass is 286 g/mol. The summed E-state index contributed by atoms with van der Waals surface area (Å²) in [5.41, 5.74) is 2.14. The Labute approximate surface area is 123 Å². The fourth-order valence-electron chi connectivity index (χ4n) is 1.99. The molecule has 0 atom stereocenters. The second-order valence-electron chi connectivity index (χ2n) is 4.99. The standard InChI is InChI=1S/C15H18N4O2/c1-4-16-15-17-9-13(19(20)21)14(18-15)12-7-5-11(6-8-12)10(2)3/h5-10H,4H2,1-3H3,(H,16,17,18). The number of anilines is 1. The normalized spacial score (nSPS) is 10.7. The second kappa shape index (κ2) is 6.30. The lowest BCUT2D eigenvalue weighted by atomic mass is 10.0. The van der Waals surface area contributed by atoms with Gasteiger partial charge in [0.2, 0.25) is 5.95 Å². The minimum atomic E-state index is -0.457. The maximum Gasteiger partial charge on any atom is 0.313 e. The van der Waals surface area contributed by atoms with Gasteiger partial charge in [0.1, 0.15) is 6.20 Å². The van der Waals surface area contributed by atoms with Crippen molar-refractivity contribution in [2.75, 3.05) is 11.9 Å². The average molecular weight is 286 g/mol. The van der Waals surface area contributed by atoms with Crippen LogP contribution in [0.4, 0.5) is 11.6 Å². The third kappa shape index (κ3) is 3.34. The van der Waals surface area contributed by atoms with Crippen LogP contribution in [0.1, 0.15) is 32.3 Å². The van der Waals surface area contributed by atoms with Gasteiger partial charge in [-0.1, -0.05) is 38.1 Å². The van der Waals surface area contributed by atoms with Crippen molar-refractivity contribution < 1.29 is 4.92 Å². The molecule has 0 aliphatic carbocycles. The molecule has 0 fully saturated rings. The Morgan fingerprint density at radius 3 is 2.48 bits per heavy atom. The molecule has 0 radical (unpaired) electrons. The molecule has 1 aromatic carbocycles. The van der Waals surface area contributed by atoms with Gasteiger partial charge in [-0.3, -0.25) is 10.1 Å². The maximum absolute atomic E-state index is 11.1. The first-order chi connectivity index (χ1) is 10.0. The number of aromatic nitrogens is 2. The van der Waals surface area contributed by atoms with Gasteiger partial charge in [0, 0.05) is 12.1 Å². The molecule has 1 heterocycles. The Bertz CT molecular complexity index is 639. The molecule has 0 amide bonds. The first-order valence-corrected chi connectivity index (χ1v) is 6.88. The molecule has 110 valence electrons. The van der Waals surface area contributed by atoms with Crippen LogP contribution in [0.3, 0.4) is 0 Å². The van der Waals surface area contributed by atoms with Crippen molar-refractivity contribution in [3.8, 4) is 11.3 Å². The van der Waals surface area contributed by atoms with E-state index in [4.69, 9.17) is 0 Å².